The number of hydrazone groups is 2. The Morgan fingerprint density at radius 2 is 1.02 bits per heavy atom. The molecule has 2 aliphatic heterocycles. The molecular formula is C44H42F8N6O2S2. The molecule has 18 heteroatoms. The summed E-state index contributed by atoms with van der Waals surface area (Å²) >= 11 is 2.28. The van der Waals surface area contributed by atoms with Crippen molar-refractivity contribution >= 4 is 45.4 Å². The second-order valence-electron chi connectivity index (χ2n) is 15.4. The van der Waals surface area contributed by atoms with Crippen molar-refractivity contribution in [3.05, 3.63) is 141 Å². The van der Waals surface area contributed by atoms with Gasteiger partial charge >= 0.3 is 12.4 Å². The van der Waals surface area contributed by atoms with Crippen molar-refractivity contribution < 1.29 is 44.7 Å². The number of aryl methyl sites for hydroxylation is 2. The molecule has 328 valence electrons. The summed E-state index contributed by atoms with van der Waals surface area (Å²) in [5.41, 5.74) is 13.0. The normalized spacial score (nSPS) is 23.1. The second-order valence-corrected chi connectivity index (χ2v) is 17.8. The van der Waals surface area contributed by atoms with Crippen molar-refractivity contribution in [2.75, 3.05) is 13.1 Å². The van der Waals surface area contributed by atoms with Gasteiger partial charge in [0.05, 0.1) is 11.1 Å². The fourth-order valence-corrected chi connectivity index (χ4v) is 12.2. The number of amides is 2. The van der Waals surface area contributed by atoms with E-state index in [0.717, 1.165) is 95.7 Å². The number of rotatable bonds is 6. The Kier molecular flexibility index (Phi) is 12.7. The van der Waals surface area contributed by atoms with Crippen LogP contribution in [0.1, 0.15) is 84.0 Å². The molecule has 8 rings (SSSR count). The van der Waals surface area contributed by atoms with E-state index in [-0.39, 0.29) is 44.9 Å². The Morgan fingerprint density at radius 1 is 0.645 bits per heavy atom. The molecule has 0 saturated carbocycles. The lowest BCUT2D eigenvalue weighted by molar-refractivity contribution is -0.138. The van der Waals surface area contributed by atoms with Crippen LogP contribution in [0.15, 0.2) is 95.1 Å². The first-order valence-corrected chi connectivity index (χ1v) is 21.5. The van der Waals surface area contributed by atoms with Gasteiger partial charge in [-0.2, -0.15) is 36.5 Å². The molecule has 2 aliphatic carbocycles. The van der Waals surface area contributed by atoms with E-state index < -0.39 is 44.9 Å². The van der Waals surface area contributed by atoms with Crippen LogP contribution in [0.25, 0.3) is 0 Å². The summed E-state index contributed by atoms with van der Waals surface area (Å²) in [5, 5.41) is 11.5. The van der Waals surface area contributed by atoms with E-state index in [1.165, 1.54) is 23.9 Å². The quantitative estimate of drug-likeness (QED) is 0.186. The molecule has 62 heavy (non-hydrogen) atoms. The van der Waals surface area contributed by atoms with E-state index in [1.54, 1.807) is 0 Å². The summed E-state index contributed by atoms with van der Waals surface area (Å²) in [6.45, 7) is 3.48. The number of nitrogens with two attached hydrogens (primary N) is 2. The van der Waals surface area contributed by atoms with Crippen molar-refractivity contribution in [3.8, 4) is 0 Å². The number of nitrogens with zero attached hydrogens (tertiary/aromatic N) is 4. The van der Waals surface area contributed by atoms with E-state index in [4.69, 9.17) is 11.5 Å². The van der Waals surface area contributed by atoms with Gasteiger partial charge in [-0.25, -0.2) is 18.8 Å². The van der Waals surface area contributed by atoms with Gasteiger partial charge < -0.3 is 11.5 Å². The number of hydrogen-bond acceptors (Lipinski definition) is 8. The van der Waals surface area contributed by atoms with Gasteiger partial charge in [0.15, 0.2) is 0 Å². The third-order valence-electron chi connectivity index (χ3n) is 11.6. The van der Waals surface area contributed by atoms with Gasteiger partial charge in [-0.15, -0.1) is 0 Å². The van der Waals surface area contributed by atoms with Crippen LogP contribution < -0.4 is 11.5 Å². The molecule has 2 amide bonds. The number of hydrogen-bond donors (Lipinski definition) is 2. The molecule has 2 heterocycles. The highest BCUT2D eigenvalue weighted by Gasteiger charge is 2.57. The zero-order valence-corrected chi connectivity index (χ0v) is 35.1. The molecule has 4 atom stereocenters. The van der Waals surface area contributed by atoms with Gasteiger partial charge in [0.1, 0.15) is 31.5 Å². The van der Waals surface area contributed by atoms with Crippen LogP contribution in [-0.2, 0) is 44.5 Å². The van der Waals surface area contributed by atoms with Crippen LogP contribution in [0.4, 0.5) is 35.1 Å². The lowest BCUT2D eigenvalue weighted by Crippen LogP contribution is -2.49. The number of carbonyl (C=O) groups excluding carboxylic acids is 2. The molecule has 0 unspecified atom stereocenters. The molecule has 0 radical (unpaired) electrons. The average Bonchev–Trinajstić information content (AvgIpc) is 3.82. The minimum Gasteiger partial charge on any atom is -0.330 e. The van der Waals surface area contributed by atoms with Crippen LogP contribution >= 0.6 is 23.5 Å². The second kappa shape index (κ2) is 17.4. The summed E-state index contributed by atoms with van der Waals surface area (Å²) < 4.78 is 109. The van der Waals surface area contributed by atoms with Gasteiger partial charge in [-0.1, -0.05) is 72.1 Å². The largest absolute Gasteiger partial charge is 0.416 e. The number of alkyl halides is 6. The first-order valence-electron chi connectivity index (χ1n) is 19.8. The lowest BCUT2D eigenvalue weighted by atomic mass is 9.77. The summed E-state index contributed by atoms with van der Waals surface area (Å²) in [5.74, 6) is -2.55. The fourth-order valence-electron chi connectivity index (χ4n) is 8.91. The molecule has 4 aromatic carbocycles. The Morgan fingerprint density at radius 3 is 1.35 bits per heavy atom. The van der Waals surface area contributed by atoms with Crippen LogP contribution in [0.2, 0.25) is 0 Å². The Balaban J connectivity index is 0.000000186. The molecule has 2 spiro atoms. The Hall–Kier alpha value is -4.78. The number of fused-ring (bicyclic) bond motifs is 4. The highest BCUT2D eigenvalue weighted by atomic mass is 32.2. The molecule has 0 bridgehead atoms. The molecule has 4 aliphatic rings. The first-order chi connectivity index (χ1) is 29.4. The predicted octanol–water partition coefficient (Wildman–Crippen LogP) is 9.73. The summed E-state index contributed by atoms with van der Waals surface area (Å²) in [6.07, 6.45) is -4.99. The molecule has 4 N–H and O–H groups in total. The highest BCUT2D eigenvalue weighted by molar-refractivity contribution is 8.15. The number of benzene rings is 4. The summed E-state index contributed by atoms with van der Waals surface area (Å²) in [6, 6.07) is 19.8. The predicted molar refractivity (Wildman–Crippen MR) is 223 cm³/mol. The summed E-state index contributed by atoms with van der Waals surface area (Å²) in [4.78, 5) is 23.4. The maximum Gasteiger partial charge on any atom is 0.416 e. The van der Waals surface area contributed by atoms with E-state index in [2.05, 4.69) is 10.2 Å². The molecule has 0 fully saturated rings. The third kappa shape index (κ3) is 8.14. The van der Waals surface area contributed by atoms with Gasteiger partial charge in [-0.05, 0) is 122 Å². The van der Waals surface area contributed by atoms with Crippen molar-refractivity contribution in [2.24, 2.45) is 33.5 Å². The van der Waals surface area contributed by atoms with Gasteiger partial charge in [0.2, 0.25) is 11.8 Å². The number of thioether (sulfide) groups is 2. The topological polar surface area (TPSA) is 117 Å². The Labute approximate surface area is 361 Å². The van der Waals surface area contributed by atoms with E-state index in [1.807, 2.05) is 48.5 Å². The van der Waals surface area contributed by atoms with Crippen molar-refractivity contribution in [1.82, 2.24) is 10.0 Å². The summed E-state index contributed by atoms with van der Waals surface area (Å²) in [7, 11) is 0. The highest BCUT2D eigenvalue weighted by Crippen LogP contribution is 2.59. The maximum absolute atomic E-state index is 14.6. The molecule has 8 nitrogen and oxygen atoms in total. The zero-order valence-electron chi connectivity index (χ0n) is 33.5. The van der Waals surface area contributed by atoms with E-state index >= 15 is 0 Å². The SMILES string of the molecule is CC(=O)N1N=C(c2cc(C(F)(F)F)ccc2F)S[C@@]12c1ccccc1CC[C@H]2CCN.CC(=O)N1N=C(c2cc(C(F)(F)F)ccc2F)S[C@]12c1ccccc1CC[C@@H]2CCN. The first kappa shape index (κ1) is 45.3. The van der Waals surface area contributed by atoms with Gasteiger partial charge in [0, 0.05) is 25.0 Å². The van der Waals surface area contributed by atoms with E-state index in [9.17, 15) is 44.7 Å². The number of carbonyl (C=O) groups is 2. The zero-order chi connectivity index (χ0) is 44.8. The smallest absolute Gasteiger partial charge is 0.330 e. The molecule has 0 saturated heterocycles. The molecule has 4 aromatic rings. The van der Waals surface area contributed by atoms with Gasteiger partial charge in [0.25, 0.3) is 0 Å². The fraction of sp³-hybridized carbons (Fsp3) is 0.364. The maximum atomic E-state index is 14.6. The van der Waals surface area contributed by atoms with Crippen molar-refractivity contribution in [3.63, 3.8) is 0 Å². The lowest BCUT2D eigenvalue weighted by Gasteiger charge is -2.45. The minimum absolute atomic E-state index is 0.0533. The van der Waals surface area contributed by atoms with Crippen molar-refractivity contribution in [2.45, 2.75) is 74.5 Å². The average molecular weight is 903 g/mol. The van der Waals surface area contributed by atoms with Crippen molar-refractivity contribution in [1.29, 1.82) is 0 Å². The third-order valence-corrected chi connectivity index (χ3v) is 14.7. The van der Waals surface area contributed by atoms with E-state index in [0.29, 0.717) is 38.1 Å². The van der Waals surface area contributed by atoms with Crippen LogP contribution in [0, 0.1) is 23.5 Å². The Bertz CT molecular complexity index is 2280. The minimum atomic E-state index is -4.62. The number of halogens is 8. The van der Waals surface area contributed by atoms with Crippen LogP contribution in [0.5, 0.6) is 0 Å². The monoisotopic (exact) mass is 902 g/mol. The molecular weight excluding hydrogens is 861 g/mol. The van der Waals surface area contributed by atoms with Crippen LogP contribution in [0.3, 0.4) is 0 Å². The van der Waals surface area contributed by atoms with Crippen LogP contribution in [-0.4, -0.2) is 45.0 Å². The van der Waals surface area contributed by atoms with Gasteiger partial charge in [-0.3, -0.25) is 9.59 Å². The molecule has 0 aromatic heterocycles. The standard InChI is InChI=1S/2C22H21F4N3OS/c2*1-13(30)29-21(15(10-11-27)7-6-14-4-2-3-5-18(14)21)31-20(28-29)17-12-16(22(24,25)26)8-9-19(17)23/h2*2-5,8-9,12,15H,6-7,10-11,27H2,1H3/t2*15-,21-/m10/s1.